The normalized spacial score (nSPS) is 48.8. The number of amides is 1. The second-order valence-corrected chi connectivity index (χ2v) is 16.7. The minimum absolute atomic E-state index is 0.0246. The molecule has 1 amide bonds. The van der Waals surface area contributed by atoms with Gasteiger partial charge >= 0.3 is 0 Å². The fourth-order valence-corrected chi connectivity index (χ4v) is 11.2. The fraction of sp³-hybridized carbons (Fsp3) is 0.882. The molecule has 9 atom stereocenters. The molecule has 220 valence electrons. The highest BCUT2D eigenvalue weighted by atomic mass is 16.7. The van der Waals surface area contributed by atoms with Crippen LogP contribution in [0.25, 0.3) is 0 Å². The number of hydrogen-bond acceptors (Lipinski definition) is 4. The Morgan fingerprint density at radius 1 is 0.974 bits per heavy atom. The molecular weight excluding hydrogens is 484 g/mol. The maximum atomic E-state index is 14.5. The van der Waals surface area contributed by atoms with Gasteiger partial charge in [-0.25, -0.2) is 5.06 Å². The summed E-state index contributed by atoms with van der Waals surface area (Å²) in [6.07, 6.45) is 11.3. The minimum Gasteiger partial charge on any atom is -0.327 e. The number of allylic oxidation sites excluding steroid dienone is 2. The lowest BCUT2D eigenvalue weighted by Crippen LogP contribution is -2.67. The highest BCUT2D eigenvalue weighted by Crippen LogP contribution is 2.75. The summed E-state index contributed by atoms with van der Waals surface area (Å²) in [5.74, 6) is 1.18. The predicted molar refractivity (Wildman–Crippen MR) is 156 cm³/mol. The van der Waals surface area contributed by atoms with Gasteiger partial charge in [0.2, 0.25) is 0 Å². The van der Waals surface area contributed by atoms with E-state index in [1.165, 1.54) is 17.1 Å². The van der Waals surface area contributed by atoms with Gasteiger partial charge in [0.25, 0.3) is 5.91 Å². The second-order valence-electron chi connectivity index (χ2n) is 16.7. The van der Waals surface area contributed by atoms with Crippen molar-refractivity contribution in [3.63, 3.8) is 0 Å². The molecule has 0 aromatic heterocycles. The summed E-state index contributed by atoms with van der Waals surface area (Å²) in [6.45, 7) is 20.6. The molecule has 1 unspecified atom stereocenters. The Kier molecular flexibility index (Phi) is 6.69. The van der Waals surface area contributed by atoms with E-state index < -0.39 is 5.41 Å². The SMILES string of the molecule is CC(C)ON(C)C(=O)[C@@]1(C)CC[C@]2(C)CC[C@]3(C)C(=CC(=O)[C@@H]4[C@@]5(C)CC[C@H](N)C(C)(C)C5CC[C@]43C)[C@@H]2C1. The molecule has 2 N–H and O–H groups in total. The molecule has 0 saturated heterocycles. The predicted octanol–water partition coefficient (Wildman–Crippen LogP) is 7.09. The van der Waals surface area contributed by atoms with Gasteiger partial charge < -0.3 is 5.73 Å². The summed E-state index contributed by atoms with van der Waals surface area (Å²) in [6, 6.07) is 0.200. The first-order valence-corrected chi connectivity index (χ1v) is 15.8. The van der Waals surface area contributed by atoms with Crippen LogP contribution in [0.15, 0.2) is 11.6 Å². The highest BCUT2D eigenvalue weighted by Gasteiger charge is 2.70. The van der Waals surface area contributed by atoms with Crippen LogP contribution in [0.5, 0.6) is 0 Å². The molecular formula is C34H56N2O3. The smallest absolute Gasteiger partial charge is 0.251 e. The lowest BCUT2D eigenvalue weighted by atomic mass is 9.33. The van der Waals surface area contributed by atoms with Crippen molar-refractivity contribution in [2.24, 2.45) is 56.0 Å². The van der Waals surface area contributed by atoms with Crippen LogP contribution in [0, 0.1) is 50.2 Å². The Morgan fingerprint density at radius 2 is 1.62 bits per heavy atom. The van der Waals surface area contributed by atoms with Crippen molar-refractivity contribution in [1.82, 2.24) is 5.06 Å². The Balaban J connectivity index is 1.55. The van der Waals surface area contributed by atoms with Crippen LogP contribution in [-0.2, 0) is 14.4 Å². The number of hydroxylamine groups is 2. The van der Waals surface area contributed by atoms with Crippen molar-refractivity contribution in [3.05, 3.63) is 11.6 Å². The number of carbonyl (C=O) groups is 2. The first-order valence-electron chi connectivity index (χ1n) is 15.8. The zero-order chi connectivity index (χ0) is 29.0. The molecule has 39 heavy (non-hydrogen) atoms. The quantitative estimate of drug-likeness (QED) is 0.388. The lowest BCUT2D eigenvalue weighted by molar-refractivity contribution is -0.206. The maximum absolute atomic E-state index is 14.5. The van der Waals surface area contributed by atoms with Gasteiger partial charge in [-0.2, -0.15) is 0 Å². The summed E-state index contributed by atoms with van der Waals surface area (Å²) in [5.41, 5.74) is 7.61. The largest absolute Gasteiger partial charge is 0.327 e. The van der Waals surface area contributed by atoms with Crippen LogP contribution in [0.1, 0.15) is 120 Å². The third kappa shape index (κ3) is 3.91. The minimum atomic E-state index is -0.485. The lowest BCUT2D eigenvalue weighted by Gasteiger charge is -2.70. The molecule has 4 fully saturated rings. The zero-order valence-electron chi connectivity index (χ0n) is 26.6. The number of ketones is 1. The molecule has 5 aliphatic rings. The van der Waals surface area contributed by atoms with Crippen LogP contribution in [0.4, 0.5) is 0 Å². The van der Waals surface area contributed by atoms with Gasteiger partial charge in [0.05, 0.1) is 6.10 Å². The Morgan fingerprint density at radius 3 is 2.26 bits per heavy atom. The number of nitrogens with zero attached hydrogens (tertiary/aromatic N) is 1. The van der Waals surface area contributed by atoms with Crippen molar-refractivity contribution >= 4 is 11.7 Å². The first kappa shape index (κ1) is 29.3. The van der Waals surface area contributed by atoms with Crippen LogP contribution >= 0.6 is 0 Å². The molecule has 5 aliphatic carbocycles. The zero-order valence-corrected chi connectivity index (χ0v) is 26.6. The van der Waals surface area contributed by atoms with Gasteiger partial charge in [0.1, 0.15) is 0 Å². The molecule has 0 radical (unpaired) electrons. The standard InChI is InChI=1S/C34H56N2O3/c1-21(2)39-36(10)28(38)31(6)16-15-30(5)17-18-33(8)22(23(30)20-31)19-24(37)27-32(7)13-12-26(35)29(3,4)25(32)11-14-34(27,33)9/h19,21,23,25-27H,11-18,20,35H2,1-10H3/t23-,25?,26-,27+,30+,31-,32-,33+,34+/m0/s1. The van der Waals surface area contributed by atoms with Crippen LogP contribution < -0.4 is 5.73 Å². The molecule has 0 heterocycles. The summed E-state index contributed by atoms with van der Waals surface area (Å²) in [5, 5.41) is 1.48. The molecule has 4 saturated carbocycles. The molecule has 5 heteroatoms. The van der Waals surface area contributed by atoms with Gasteiger partial charge in [-0.1, -0.05) is 54.0 Å². The van der Waals surface area contributed by atoms with Gasteiger partial charge in [0.15, 0.2) is 5.78 Å². The molecule has 0 spiro atoms. The van der Waals surface area contributed by atoms with Crippen LogP contribution in [-0.4, -0.2) is 35.9 Å². The summed E-state index contributed by atoms with van der Waals surface area (Å²) in [4.78, 5) is 34.0. The van der Waals surface area contributed by atoms with Gasteiger partial charge in [-0.3, -0.25) is 14.4 Å². The van der Waals surface area contributed by atoms with E-state index in [0.29, 0.717) is 11.7 Å². The van der Waals surface area contributed by atoms with Crippen LogP contribution in [0.2, 0.25) is 0 Å². The van der Waals surface area contributed by atoms with Gasteiger partial charge in [0, 0.05) is 24.4 Å². The average molecular weight is 541 g/mol. The summed E-state index contributed by atoms with van der Waals surface area (Å²) < 4.78 is 0. The van der Waals surface area contributed by atoms with E-state index in [2.05, 4.69) is 54.5 Å². The van der Waals surface area contributed by atoms with Crippen molar-refractivity contribution in [2.75, 3.05) is 7.05 Å². The number of rotatable bonds is 3. The number of fused-ring (bicyclic) bond motifs is 7. The van der Waals surface area contributed by atoms with E-state index in [0.717, 1.165) is 51.4 Å². The van der Waals surface area contributed by atoms with E-state index >= 15 is 0 Å². The average Bonchev–Trinajstić information content (AvgIpc) is 2.83. The third-order valence-electron chi connectivity index (χ3n) is 13.9. The molecule has 5 nitrogen and oxygen atoms in total. The Bertz CT molecular complexity index is 1080. The van der Waals surface area contributed by atoms with Crippen molar-refractivity contribution in [3.8, 4) is 0 Å². The molecule has 0 aromatic rings. The third-order valence-corrected chi connectivity index (χ3v) is 13.9. The maximum Gasteiger partial charge on any atom is 0.251 e. The molecule has 5 rings (SSSR count). The molecule has 0 aromatic carbocycles. The van der Waals surface area contributed by atoms with E-state index in [-0.39, 0.29) is 57.0 Å². The van der Waals surface area contributed by atoms with Crippen LogP contribution in [0.3, 0.4) is 0 Å². The first-order chi connectivity index (χ1) is 17.9. The second kappa shape index (κ2) is 8.90. The molecule has 0 bridgehead atoms. The number of hydrogen-bond donors (Lipinski definition) is 1. The molecule has 0 aliphatic heterocycles. The van der Waals surface area contributed by atoms with E-state index in [1.807, 2.05) is 13.8 Å². The van der Waals surface area contributed by atoms with Gasteiger partial charge in [-0.05, 0) is 117 Å². The monoisotopic (exact) mass is 540 g/mol. The summed E-state index contributed by atoms with van der Waals surface area (Å²) in [7, 11) is 1.76. The highest BCUT2D eigenvalue weighted by molar-refractivity contribution is 5.95. The van der Waals surface area contributed by atoms with E-state index in [1.54, 1.807) is 7.05 Å². The van der Waals surface area contributed by atoms with E-state index in [4.69, 9.17) is 10.6 Å². The Hall–Kier alpha value is -1.20. The van der Waals surface area contributed by atoms with Crippen molar-refractivity contribution in [2.45, 2.75) is 132 Å². The topological polar surface area (TPSA) is 72.6 Å². The van der Waals surface area contributed by atoms with Gasteiger partial charge in [-0.15, -0.1) is 0 Å². The number of carbonyl (C=O) groups excluding carboxylic acids is 2. The van der Waals surface area contributed by atoms with E-state index in [9.17, 15) is 9.59 Å². The Labute approximate surface area is 238 Å². The summed E-state index contributed by atoms with van der Waals surface area (Å²) >= 11 is 0. The number of nitrogens with two attached hydrogens (primary N) is 1. The fourth-order valence-electron chi connectivity index (χ4n) is 11.2. The van der Waals surface area contributed by atoms with Crippen molar-refractivity contribution in [1.29, 1.82) is 0 Å². The van der Waals surface area contributed by atoms with Crippen molar-refractivity contribution < 1.29 is 14.4 Å².